The molecule has 3 aromatic heterocycles. The second-order valence-corrected chi connectivity index (χ2v) is 14.0. The summed E-state index contributed by atoms with van der Waals surface area (Å²) in [4.78, 5) is 15.0. The number of hydrogen-bond donors (Lipinski definition) is 0. The van der Waals surface area contributed by atoms with Gasteiger partial charge in [0, 0.05) is 43.9 Å². The highest BCUT2D eigenvalue weighted by Gasteiger charge is 2.18. The lowest BCUT2D eigenvalue weighted by atomic mass is 9.98. The van der Waals surface area contributed by atoms with Gasteiger partial charge in [0.05, 0.1) is 11.0 Å². The standard InChI is InChI=1S/C51H32N4O/c1-3-12-33(13-4-1)34-22-26-37(27-23-34)50-52-49(36-14-5-2-6-15-36)53-51(54-50)38-28-24-35(25-29-38)40-18-11-20-45-48(40)42-17-7-9-19-44(42)55(45)39-30-31-47-43(32-39)41-16-8-10-21-46(41)56-47/h1-32H. The number of benzene rings is 8. The van der Waals surface area contributed by atoms with E-state index in [1.54, 1.807) is 0 Å². The monoisotopic (exact) mass is 716 g/mol. The molecular formula is C51H32N4O. The minimum absolute atomic E-state index is 0.629. The van der Waals surface area contributed by atoms with E-state index in [2.05, 4.69) is 150 Å². The maximum atomic E-state index is 6.17. The Bertz CT molecular complexity index is 3220. The van der Waals surface area contributed by atoms with Crippen molar-refractivity contribution in [1.82, 2.24) is 19.5 Å². The van der Waals surface area contributed by atoms with Gasteiger partial charge in [-0.15, -0.1) is 0 Å². The van der Waals surface area contributed by atoms with Crippen LogP contribution in [0.3, 0.4) is 0 Å². The molecule has 0 aliphatic rings. The number of hydrogen-bond acceptors (Lipinski definition) is 4. The van der Waals surface area contributed by atoms with Gasteiger partial charge in [-0.1, -0.05) is 158 Å². The first-order valence-electron chi connectivity index (χ1n) is 18.8. The lowest BCUT2D eigenvalue weighted by molar-refractivity contribution is 0.669. The quantitative estimate of drug-likeness (QED) is 0.172. The van der Waals surface area contributed by atoms with Gasteiger partial charge in [-0.3, -0.25) is 0 Å². The highest BCUT2D eigenvalue weighted by atomic mass is 16.3. The Hall–Kier alpha value is -7.63. The topological polar surface area (TPSA) is 56.7 Å². The fourth-order valence-corrected chi connectivity index (χ4v) is 7.98. The van der Waals surface area contributed by atoms with Gasteiger partial charge in [-0.25, -0.2) is 15.0 Å². The van der Waals surface area contributed by atoms with Crippen LogP contribution in [0.25, 0.3) is 106 Å². The summed E-state index contributed by atoms with van der Waals surface area (Å²) >= 11 is 0. The molecule has 5 nitrogen and oxygen atoms in total. The van der Waals surface area contributed by atoms with E-state index >= 15 is 0 Å². The van der Waals surface area contributed by atoms with E-state index in [1.807, 2.05) is 48.5 Å². The van der Waals surface area contributed by atoms with E-state index in [1.165, 1.54) is 21.9 Å². The van der Waals surface area contributed by atoms with Crippen LogP contribution in [0.1, 0.15) is 0 Å². The number of furan rings is 1. The van der Waals surface area contributed by atoms with Crippen LogP contribution >= 0.6 is 0 Å². The molecule has 262 valence electrons. The Morgan fingerprint density at radius 2 is 0.839 bits per heavy atom. The molecule has 0 aliphatic carbocycles. The minimum Gasteiger partial charge on any atom is -0.456 e. The Kier molecular flexibility index (Phi) is 7.42. The third kappa shape index (κ3) is 5.37. The van der Waals surface area contributed by atoms with Crippen molar-refractivity contribution in [2.45, 2.75) is 0 Å². The SMILES string of the molecule is c1ccc(-c2ccc(-c3nc(-c4ccccc4)nc(-c4ccc(-c5cccc6c5c5ccccc5n6-c5ccc6oc7ccccc7c6c5)cc4)n3)cc2)cc1. The second kappa shape index (κ2) is 13.0. The van der Waals surface area contributed by atoms with E-state index in [4.69, 9.17) is 19.4 Å². The number of para-hydroxylation sites is 2. The molecule has 3 heterocycles. The molecule has 0 amide bonds. The fourth-order valence-electron chi connectivity index (χ4n) is 7.98. The second-order valence-electron chi connectivity index (χ2n) is 14.0. The Labute approximate surface area is 322 Å². The molecule has 0 spiro atoms. The summed E-state index contributed by atoms with van der Waals surface area (Å²) in [6.07, 6.45) is 0. The van der Waals surface area contributed by atoms with Crippen molar-refractivity contribution in [1.29, 1.82) is 0 Å². The lowest BCUT2D eigenvalue weighted by Gasteiger charge is -2.11. The van der Waals surface area contributed by atoms with Crippen molar-refractivity contribution in [2.75, 3.05) is 0 Å². The van der Waals surface area contributed by atoms with Crippen LogP contribution in [0.4, 0.5) is 0 Å². The molecule has 8 aromatic carbocycles. The highest BCUT2D eigenvalue weighted by molar-refractivity contribution is 6.16. The first-order valence-corrected chi connectivity index (χ1v) is 18.8. The number of aromatic nitrogens is 4. The molecule has 0 N–H and O–H groups in total. The summed E-state index contributed by atoms with van der Waals surface area (Å²) in [6.45, 7) is 0. The average Bonchev–Trinajstić information content (AvgIpc) is 3.82. The van der Waals surface area contributed by atoms with E-state index in [9.17, 15) is 0 Å². The third-order valence-corrected chi connectivity index (χ3v) is 10.7. The summed E-state index contributed by atoms with van der Waals surface area (Å²) in [5.74, 6) is 1.90. The number of nitrogens with zero attached hydrogens (tertiary/aromatic N) is 4. The zero-order valence-corrected chi connectivity index (χ0v) is 30.2. The smallest absolute Gasteiger partial charge is 0.164 e. The average molecular weight is 717 g/mol. The van der Waals surface area contributed by atoms with Crippen molar-refractivity contribution in [2.24, 2.45) is 0 Å². The zero-order chi connectivity index (χ0) is 37.0. The molecule has 0 saturated heterocycles. The fraction of sp³-hybridized carbons (Fsp3) is 0. The van der Waals surface area contributed by atoms with Gasteiger partial charge < -0.3 is 8.98 Å². The van der Waals surface area contributed by atoms with Crippen molar-refractivity contribution < 1.29 is 4.42 Å². The van der Waals surface area contributed by atoms with Crippen LogP contribution in [-0.4, -0.2) is 19.5 Å². The van der Waals surface area contributed by atoms with Gasteiger partial charge in [-0.2, -0.15) is 0 Å². The van der Waals surface area contributed by atoms with Crippen LogP contribution in [0.5, 0.6) is 0 Å². The van der Waals surface area contributed by atoms with Gasteiger partial charge in [-0.05, 0) is 58.7 Å². The molecular weight excluding hydrogens is 685 g/mol. The van der Waals surface area contributed by atoms with Crippen molar-refractivity contribution in [3.05, 3.63) is 194 Å². The predicted octanol–water partition coefficient (Wildman–Crippen LogP) is 13.2. The van der Waals surface area contributed by atoms with Crippen molar-refractivity contribution >= 4 is 43.7 Å². The Morgan fingerprint density at radius 1 is 0.339 bits per heavy atom. The van der Waals surface area contributed by atoms with Gasteiger partial charge in [0.25, 0.3) is 0 Å². The van der Waals surface area contributed by atoms with Gasteiger partial charge in [0.2, 0.25) is 0 Å². The largest absolute Gasteiger partial charge is 0.456 e. The number of rotatable bonds is 6. The van der Waals surface area contributed by atoms with Gasteiger partial charge >= 0.3 is 0 Å². The van der Waals surface area contributed by atoms with E-state index in [0.29, 0.717) is 17.5 Å². The summed E-state index contributed by atoms with van der Waals surface area (Å²) in [5, 5.41) is 4.64. The van der Waals surface area contributed by atoms with E-state index in [-0.39, 0.29) is 0 Å². The first-order chi connectivity index (χ1) is 27.7. The summed E-state index contributed by atoms with van der Waals surface area (Å²) in [7, 11) is 0. The first kappa shape index (κ1) is 31.9. The lowest BCUT2D eigenvalue weighted by Crippen LogP contribution is -2.00. The van der Waals surface area contributed by atoms with E-state index in [0.717, 1.165) is 66.5 Å². The molecule has 11 aromatic rings. The summed E-state index contributed by atoms with van der Waals surface area (Å²) < 4.78 is 8.54. The molecule has 0 saturated carbocycles. The molecule has 0 unspecified atom stereocenters. The van der Waals surface area contributed by atoms with Crippen LogP contribution < -0.4 is 0 Å². The molecule has 0 fully saturated rings. The molecule has 11 rings (SSSR count). The van der Waals surface area contributed by atoms with Crippen LogP contribution in [-0.2, 0) is 0 Å². The molecule has 0 radical (unpaired) electrons. The van der Waals surface area contributed by atoms with Crippen molar-refractivity contribution in [3.8, 4) is 62.1 Å². The van der Waals surface area contributed by atoms with Crippen LogP contribution in [0, 0.1) is 0 Å². The third-order valence-electron chi connectivity index (χ3n) is 10.7. The van der Waals surface area contributed by atoms with Gasteiger partial charge in [0.15, 0.2) is 17.5 Å². The maximum Gasteiger partial charge on any atom is 0.164 e. The van der Waals surface area contributed by atoms with Crippen molar-refractivity contribution in [3.63, 3.8) is 0 Å². The molecule has 0 atom stereocenters. The summed E-state index contributed by atoms with van der Waals surface area (Å²) in [5.41, 5.74) is 12.6. The Morgan fingerprint density at radius 3 is 1.54 bits per heavy atom. The maximum absolute atomic E-state index is 6.17. The van der Waals surface area contributed by atoms with E-state index < -0.39 is 0 Å². The molecule has 56 heavy (non-hydrogen) atoms. The zero-order valence-electron chi connectivity index (χ0n) is 30.2. The van der Waals surface area contributed by atoms with Gasteiger partial charge in [0.1, 0.15) is 11.2 Å². The number of fused-ring (bicyclic) bond motifs is 6. The minimum atomic E-state index is 0.629. The molecule has 0 bridgehead atoms. The Balaban J connectivity index is 1.01. The molecule has 0 aliphatic heterocycles. The predicted molar refractivity (Wildman–Crippen MR) is 229 cm³/mol. The van der Waals surface area contributed by atoms with Crippen LogP contribution in [0.2, 0.25) is 0 Å². The van der Waals surface area contributed by atoms with Crippen LogP contribution in [0.15, 0.2) is 199 Å². The summed E-state index contributed by atoms with van der Waals surface area (Å²) in [6, 6.07) is 67.5. The highest BCUT2D eigenvalue weighted by Crippen LogP contribution is 2.40. The molecule has 5 heteroatoms. The normalized spacial score (nSPS) is 11.6.